The average Bonchev–Trinajstić information content (AvgIpc) is 3.27. The zero-order valence-electron chi connectivity index (χ0n) is 11.7. The molecule has 104 valence electrons. The molecule has 1 atom stereocenters. The lowest BCUT2D eigenvalue weighted by Gasteiger charge is -2.16. The first-order valence-electron chi connectivity index (χ1n) is 6.90. The van der Waals surface area contributed by atoms with Crippen molar-refractivity contribution in [3.63, 3.8) is 0 Å². The second kappa shape index (κ2) is 4.81. The summed E-state index contributed by atoms with van der Waals surface area (Å²) < 4.78 is 2.29. The average molecular weight is 280 g/mol. The zero-order chi connectivity index (χ0) is 13.6. The molecular formula is C13H20N4OS. The van der Waals surface area contributed by atoms with Crippen LogP contribution in [0, 0.1) is 0 Å². The molecule has 2 saturated carbocycles. The Hall–Kier alpha value is -1.04. The van der Waals surface area contributed by atoms with Crippen molar-refractivity contribution in [2.45, 2.75) is 55.0 Å². The summed E-state index contributed by atoms with van der Waals surface area (Å²) in [6.07, 6.45) is 4.92. The molecule has 1 aromatic rings. The summed E-state index contributed by atoms with van der Waals surface area (Å²) >= 11 is 1.54. The maximum atomic E-state index is 11.9. The molecule has 0 radical (unpaired) electrons. The number of nitrogens with zero attached hydrogens (tertiary/aromatic N) is 4. The van der Waals surface area contributed by atoms with Gasteiger partial charge in [-0.15, -0.1) is 10.2 Å². The molecule has 0 unspecified atom stereocenters. The lowest BCUT2D eigenvalue weighted by Crippen LogP contribution is -2.29. The highest BCUT2D eigenvalue weighted by Crippen LogP contribution is 2.46. The number of amides is 1. The van der Waals surface area contributed by atoms with E-state index in [0.29, 0.717) is 12.0 Å². The van der Waals surface area contributed by atoms with Gasteiger partial charge in [0.25, 0.3) is 0 Å². The molecule has 6 heteroatoms. The fourth-order valence-corrected chi connectivity index (χ4v) is 3.31. The molecule has 2 aliphatic carbocycles. The third kappa shape index (κ3) is 2.63. The van der Waals surface area contributed by atoms with Gasteiger partial charge in [0.1, 0.15) is 5.82 Å². The number of carbonyl (C=O) groups is 1. The van der Waals surface area contributed by atoms with Gasteiger partial charge in [0.15, 0.2) is 5.16 Å². The van der Waals surface area contributed by atoms with Gasteiger partial charge in [0, 0.05) is 26.1 Å². The summed E-state index contributed by atoms with van der Waals surface area (Å²) in [5.74, 6) is 1.89. The Morgan fingerprint density at radius 3 is 2.53 bits per heavy atom. The Morgan fingerprint density at radius 2 is 2.00 bits per heavy atom. The predicted octanol–water partition coefficient (Wildman–Crippen LogP) is 2.06. The molecule has 0 saturated heterocycles. The van der Waals surface area contributed by atoms with Crippen LogP contribution >= 0.6 is 11.8 Å². The molecule has 2 fully saturated rings. The summed E-state index contributed by atoms with van der Waals surface area (Å²) in [4.78, 5) is 13.6. The Kier molecular flexibility index (Phi) is 3.28. The minimum atomic E-state index is -0.108. The maximum absolute atomic E-state index is 11.9. The highest BCUT2D eigenvalue weighted by molar-refractivity contribution is 8.00. The van der Waals surface area contributed by atoms with Gasteiger partial charge < -0.3 is 9.47 Å². The first-order chi connectivity index (χ1) is 9.08. The molecule has 19 heavy (non-hydrogen) atoms. The van der Waals surface area contributed by atoms with Gasteiger partial charge in [-0.3, -0.25) is 4.79 Å². The summed E-state index contributed by atoms with van der Waals surface area (Å²) in [5.41, 5.74) is 0. The molecule has 3 rings (SSSR count). The van der Waals surface area contributed by atoms with Crippen LogP contribution in [0.3, 0.4) is 0 Å². The van der Waals surface area contributed by atoms with E-state index in [1.165, 1.54) is 37.4 Å². The monoisotopic (exact) mass is 280 g/mol. The van der Waals surface area contributed by atoms with Crippen LogP contribution in [-0.4, -0.2) is 44.9 Å². The molecular weight excluding hydrogens is 260 g/mol. The van der Waals surface area contributed by atoms with Crippen LogP contribution in [0.4, 0.5) is 0 Å². The first-order valence-corrected chi connectivity index (χ1v) is 7.78. The quantitative estimate of drug-likeness (QED) is 0.775. The van der Waals surface area contributed by atoms with Gasteiger partial charge >= 0.3 is 0 Å². The van der Waals surface area contributed by atoms with E-state index in [2.05, 4.69) is 14.8 Å². The topological polar surface area (TPSA) is 51.0 Å². The highest BCUT2D eigenvalue weighted by atomic mass is 32.2. The van der Waals surface area contributed by atoms with E-state index in [-0.39, 0.29) is 11.2 Å². The summed E-state index contributed by atoms with van der Waals surface area (Å²) in [6, 6.07) is 0.578. The smallest absolute Gasteiger partial charge is 0.235 e. The van der Waals surface area contributed by atoms with Crippen molar-refractivity contribution in [1.82, 2.24) is 19.7 Å². The maximum Gasteiger partial charge on any atom is 0.235 e. The molecule has 1 aromatic heterocycles. The fraction of sp³-hybridized carbons (Fsp3) is 0.769. The van der Waals surface area contributed by atoms with E-state index < -0.39 is 0 Å². The Bertz CT molecular complexity index is 491. The Labute approximate surface area is 117 Å². The highest BCUT2D eigenvalue weighted by Gasteiger charge is 2.37. The van der Waals surface area contributed by atoms with E-state index in [9.17, 15) is 4.79 Å². The Morgan fingerprint density at radius 1 is 1.32 bits per heavy atom. The largest absolute Gasteiger partial charge is 0.348 e. The second-order valence-electron chi connectivity index (χ2n) is 5.71. The normalized spacial score (nSPS) is 20.4. The van der Waals surface area contributed by atoms with Gasteiger partial charge in [0.05, 0.1) is 5.25 Å². The third-order valence-electron chi connectivity index (χ3n) is 3.62. The molecule has 0 N–H and O–H groups in total. The van der Waals surface area contributed by atoms with Crippen LogP contribution in [-0.2, 0) is 4.79 Å². The van der Waals surface area contributed by atoms with E-state index in [1.54, 1.807) is 19.0 Å². The van der Waals surface area contributed by atoms with Crippen LogP contribution in [0.25, 0.3) is 0 Å². The second-order valence-corrected chi connectivity index (χ2v) is 7.02. The standard InChI is InChI=1S/C13H20N4OS/c1-8(12(18)16(2)3)19-13-15-14-11(9-4-5-9)17(13)10-6-7-10/h8-10H,4-7H2,1-3H3/t8-/m1/s1. The molecule has 0 bridgehead atoms. The van der Waals surface area contributed by atoms with Crippen molar-refractivity contribution in [1.29, 1.82) is 0 Å². The lowest BCUT2D eigenvalue weighted by atomic mass is 10.4. The minimum Gasteiger partial charge on any atom is -0.348 e. The Balaban J connectivity index is 1.79. The van der Waals surface area contributed by atoms with Gasteiger partial charge in [0.2, 0.25) is 5.91 Å². The number of hydrogen-bond donors (Lipinski definition) is 0. The van der Waals surface area contributed by atoms with Crippen molar-refractivity contribution in [2.75, 3.05) is 14.1 Å². The molecule has 0 aromatic carbocycles. The summed E-state index contributed by atoms with van der Waals surface area (Å²) in [6.45, 7) is 1.94. The van der Waals surface area contributed by atoms with Crippen LogP contribution in [0.5, 0.6) is 0 Å². The third-order valence-corrected chi connectivity index (χ3v) is 4.66. The molecule has 0 spiro atoms. The lowest BCUT2D eigenvalue weighted by molar-refractivity contribution is -0.127. The van der Waals surface area contributed by atoms with Crippen molar-refractivity contribution in [3.05, 3.63) is 5.82 Å². The molecule has 2 aliphatic rings. The van der Waals surface area contributed by atoms with E-state index in [4.69, 9.17) is 0 Å². The fourth-order valence-electron chi connectivity index (χ4n) is 2.24. The van der Waals surface area contributed by atoms with Crippen LogP contribution in [0.1, 0.15) is 50.4 Å². The molecule has 1 amide bonds. The van der Waals surface area contributed by atoms with Gasteiger partial charge in [-0.2, -0.15) is 0 Å². The van der Waals surface area contributed by atoms with Crippen molar-refractivity contribution in [3.8, 4) is 0 Å². The molecule has 0 aliphatic heterocycles. The SMILES string of the molecule is C[C@@H](Sc1nnc(C2CC2)n1C1CC1)C(=O)N(C)C. The molecule has 5 nitrogen and oxygen atoms in total. The van der Waals surface area contributed by atoms with Crippen LogP contribution in [0.15, 0.2) is 5.16 Å². The minimum absolute atomic E-state index is 0.108. The van der Waals surface area contributed by atoms with Crippen molar-refractivity contribution >= 4 is 17.7 Å². The summed E-state index contributed by atoms with van der Waals surface area (Å²) in [5, 5.41) is 9.51. The van der Waals surface area contributed by atoms with Gasteiger partial charge in [-0.05, 0) is 32.6 Å². The van der Waals surface area contributed by atoms with Crippen molar-refractivity contribution in [2.24, 2.45) is 0 Å². The van der Waals surface area contributed by atoms with E-state index >= 15 is 0 Å². The van der Waals surface area contributed by atoms with Gasteiger partial charge in [-0.25, -0.2) is 0 Å². The van der Waals surface area contributed by atoms with Crippen molar-refractivity contribution < 1.29 is 4.79 Å². The number of hydrogen-bond acceptors (Lipinski definition) is 4. The van der Waals surface area contributed by atoms with Crippen LogP contribution in [0.2, 0.25) is 0 Å². The summed E-state index contributed by atoms with van der Waals surface area (Å²) in [7, 11) is 3.58. The van der Waals surface area contributed by atoms with E-state index in [0.717, 1.165) is 11.0 Å². The predicted molar refractivity (Wildman–Crippen MR) is 74.3 cm³/mol. The number of aromatic nitrogens is 3. The van der Waals surface area contributed by atoms with Crippen LogP contribution < -0.4 is 0 Å². The first kappa shape index (κ1) is 13.0. The number of rotatable bonds is 5. The number of carbonyl (C=O) groups excluding carboxylic acids is 1. The van der Waals surface area contributed by atoms with Gasteiger partial charge in [-0.1, -0.05) is 11.8 Å². The molecule has 1 heterocycles. The zero-order valence-corrected chi connectivity index (χ0v) is 12.5. The van der Waals surface area contributed by atoms with E-state index in [1.807, 2.05) is 6.92 Å². The number of thioether (sulfide) groups is 1.